The molecule has 4 rings (SSSR count). The van der Waals surface area contributed by atoms with Crippen molar-refractivity contribution < 1.29 is 19.1 Å². The van der Waals surface area contributed by atoms with Crippen molar-refractivity contribution >= 4 is 51.4 Å². The van der Waals surface area contributed by atoms with Crippen LogP contribution in [0.2, 0.25) is 10.0 Å². The van der Waals surface area contributed by atoms with Crippen LogP contribution in [-0.2, 0) is 0 Å². The molecule has 11 heteroatoms. The summed E-state index contributed by atoms with van der Waals surface area (Å²) in [5, 5.41) is 15.7. The van der Waals surface area contributed by atoms with Crippen molar-refractivity contribution in [1.29, 1.82) is 0 Å². The largest absolute Gasteiger partial charge is 0.496 e. The number of para-hydroxylation sites is 1. The number of nitro benzene ring substituents is 1. The Labute approximate surface area is 210 Å². The van der Waals surface area contributed by atoms with Gasteiger partial charge in [0.2, 0.25) is 5.95 Å². The fourth-order valence-electron chi connectivity index (χ4n) is 3.69. The van der Waals surface area contributed by atoms with E-state index in [1.54, 1.807) is 43.5 Å². The van der Waals surface area contributed by atoms with Gasteiger partial charge in [0.1, 0.15) is 22.9 Å². The first kappa shape index (κ1) is 24.3. The van der Waals surface area contributed by atoms with Gasteiger partial charge in [-0.1, -0.05) is 35.3 Å². The fourth-order valence-corrected chi connectivity index (χ4v) is 4.39. The van der Waals surface area contributed by atoms with Crippen molar-refractivity contribution in [3.63, 3.8) is 0 Å². The number of nitrogens with one attached hydrogen (secondary N) is 1. The summed E-state index contributed by atoms with van der Waals surface area (Å²) in [6.45, 7) is 1.77. The van der Waals surface area contributed by atoms with Gasteiger partial charge < -0.3 is 19.5 Å². The molecule has 0 aliphatic heterocycles. The van der Waals surface area contributed by atoms with Gasteiger partial charge in [0, 0.05) is 40.9 Å². The van der Waals surface area contributed by atoms with E-state index >= 15 is 0 Å². The molecule has 1 N–H and O–H groups in total. The Hall–Kier alpha value is -3.82. The molecule has 0 saturated heterocycles. The average Bonchev–Trinajstić information content (AvgIpc) is 2.85. The zero-order chi connectivity index (χ0) is 25.3. The van der Waals surface area contributed by atoms with Crippen LogP contribution in [0.4, 0.5) is 17.3 Å². The van der Waals surface area contributed by atoms with Gasteiger partial charge in [0.15, 0.2) is 0 Å². The van der Waals surface area contributed by atoms with Crippen molar-refractivity contribution in [2.75, 3.05) is 26.6 Å². The van der Waals surface area contributed by atoms with Crippen molar-refractivity contribution in [3.8, 4) is 28.4 Å². The zero-order valence-electron chi connectivity index (χ0n) is 19.2. The van der Waals surface area contributed by atoms with Crippen LogP contribution >= 0.6 is 23.2 Å². The Kier molecular flexibility index (Phi) is 6.81. The van der Waals surface area contributed by atoms with Crippen LogP contribution < -0.4 is 19.5 Å². The van der Waals surface area contributed by atoms with Gasteiger partial charge in [-0.2, -0.15) is 0 Å². The maximum absolute atomic E-state index is 11.4. The van der Waals surface area contributed by atoms with Gasteiger partial charge in [-0.05, 0) is 18.6 Å². The first-order chi connectivity index (χ1) is 16.8. The van der Waals surface area contributed by atoms with Crippen molar-refractivity contribution in [2.45, 2.75) is 6.92 Å². The van der Waals surface area contributed by atoms with Crippen LogP contribution in [0.25, 0.3) is 22.0 Å². The molecule has 0 spiro atoms. The minimum Gasteiger partial charge on any atom is -0.496 e. The first-order valence-corrected chi connectivity index (χ1v) is 11.0. The fraction of sp³-hybridized carbons (Fsp3) is 0.167. The SMILES string of the molecule is COc1cc2nc(Nc3c(C)cccc3[N+](=O)[O-])ncc2cc1-c1c(Cl)c(OC)cc(OC)c1Cl. The number of ether oxygens (including phenoxy) is 3. The standard InChI is InChI=1S/C24H20Cl2N4O5/c1-12-6-5-7-16(30(31)32)23(12)29-24-27-11-13-8-14(17(33-2)9-15(13)28-24)20-21(25)18(34-3)10-19(35-4)22(20)26/h5-11H,1-4H3,(H,27,28,29). The van der Waals surface area contributed by atoms with E-state index < -0.39 is 4.92 Å². The smallest absolute Gasteiger partial charge is 0.293 e. The lowest BCUT2D eigenvalue weighted by molar-refractivity contribution is -0.384. The summed E-state index contributed by atoms with van der Waals surface area (Å²) in [6.07, 6.45) is 1.59. The van der Waals surface area contributed by atoms with Crippen LogP contribution in [0.1, 0.15) is 5.56 Å². The number of aromatic nitrogens is 2. The monoisotopic (exact) mass is 514 g/mol. The van der Waals surface area contributed by atoms with E-state index in [0.717, 1.165) is 0 Å². The van der Waals surface area contributed by atoms with Gasteiger partial charge >= 0.3 is 0 Å². The summed E-state index contributed by atoms with van der Waals surface area (Å²) >= 11 is 13.2. The predicted octanol–water partition coefficient (Wildman–Crippen LogP) is 6.59. The number of nitrogens with zero attached hydrogens (tertiary/aromatic N) is 3. The van der Waals surface area contributed by atoms with E-state index in [1.807, 2.05) is 0 Å². The molecular weight excluding hydrogens is 495 g/mol. The second-order valence-corrected chi connectivity index (χ2v) is 8.20. The molecule has 0 aliphatic carbocycles. The molecule has 0 amide bonds. The molecular formula is C24H20Cl2N4O5. The van der Waals surface area contributed by atoms with E-state index in [0.29, 0.717) is 60.6 Å². The number of benzene rings is 3. The molecule has 0 unspecified atom stereocenters. The number of nitro groups is 1. The Bertz CT molecular complexity index is 1430. The Balaban J connectivity index is 1.85. The van der Waals surface area contributed by atoms with E-state index in [9.17, 15) is 10.1 Å². The minimum atomic E-state index is -0.457. The molecule has 0 fully saturated rings. The third-order valence-electron chi connectivity index (χ3n) is 5.43. The number of methoxy groups -OCH3 is 3. The summed E-state index contributed by atoms with van der Waals surface area (Å²) < 4.78 is 16.4. The average molecular weight is 515 g/mol. The molecule has 180 valence electrons. The van der Waals surface area contributed by atoms with E-state index in [-0.39, 0.29) is 11.6 Å². The Morgan fingerprint density at radius 1 is 0.971 bits per heavy atom. The first-order valence-electron chi connectivity index (χ1n) is 10.2. The molecule has 1 aromatic heterocycles. The molecule has 1 heterocycles. The predicted molar refractivity (Wildman–Crippen MR) is 136 cm³/mol. The number of halogens is 2. The van der Waals surface area contributed by atoms with Gasteiger partial charge in [-0.15, -0.1) is 0 Å². The Morgan fingerprint density at radius 3 is 2.23 bits per heavy atom. The normalized spacial score (nSPS) is 10.8. The lowest BCUT2D eigenvalue weighted by Crippen LogP contribution is -2.03. The van der Waals surface area contributed by atoms with Crippen LogP contribution in [0.5, 0.6) is 17.2 Å². The zero-order valence-corrected chi connectivity index (χ0v) is 20.7. The summed E-state index contributed by atoms with van der Waals surface area (Å²) in [4.78, 5) is 19.9. The highest BCUT2D eigenvalue weighted by Crippen LogP contribution is 2.49. The van der Waals surface area contributed by atoms with E-state index in [4.69, 9.17) is 37.4 Å². The lowest BCUT2D eigenvalue weighted by atomic mass is 10.0. The maximum atomic E-state index is 11.4. The van der Waals surface area contributed by atoms with Crippen LogP contribution in [0.3, 0.4) is 0 Å². The molecule has 4 aromatic rings. The number of anilines is 2. The number of rotatable bonds is 7. The Morgan fingerprint density at radius 2 is 1.63 bits per heavy atom. The van der Waals surface area contributed by atoms with Crippen molar-refractivity contribution in [3.05, 3.63) is 68.3 Å². The molecule has 3 aromatic carbocycles. The molecule has 0 radical (unpaired) electrons. The van der Waals surface area contributed by atoms with Gasteiger partial charge in [-0.25, -0.2) is 9.97 Å². The lowest BCUT2D eigenvalue weighted by Gasteiger charge is -2.17. The molecule has 35 heavy (non-hydrogen) atoms. The molecule has 0 atom stereocenters. The summed E-state index contributed by atoms with van der Waals surface area (Å²) in [7, 11) is 4.51. The molecule has 0 saturated carbocycles. The molecule has 0 bridgehead atoms. The van der Waals surface area contributed by atoms with Crippen LogP contribution in [0, 0.1) is 17.0 Å². The van der Waals surface area contributed by atoms with E-state index in [1.165, 1.54) is 27.4 Å². The number of hydrogen-bond donors (Lipinski definition) is 1. The maximum Gasteiger partial charge on any atom is 0.293 e. The number of hydrogen-bond acceptors (Lipinski definition) is 8. The number of aryl methyl sites for hydroxylation is 1. The third kappa shape index (κ3) is 4.48. The van der Waals surface area contributed by atoms with Crippen LogP contribution in [0.15, 0.2) is 42.6 Å². The molecule has 9 nitrogen and oxygen atoms in total. The summed E-state index contributed by atoms with van der Waals surface area (Å²) in [5.41, 5.74) is 2.54. The quantitative estimate of drug-likeness (QED) is 0.217. The van der Waals surface area contributed by atoms with Crippen LogP contribution in [-0.4, -0.2) is 36.2 Å². The van der Waals surface area contributed by atoms with Crippen molar-refractivity contribution in [1.82, 2.24) is 9.97 Å². The number of fused-ring (bicyclic) bond motifs is 1. The van der Waals surface area contributed by atoms with Crippen molar-refractivity contribution in [2.24, 2.45) is 0 Å². The highest BCUT2D eigenvalue weighted by molar-refractivity contribution is 6.41. The second kappa shape index (κ2) is 9.81. The van der Waals surface area contributed by atoms with Gasteiger partial charge in [0.25, 0.3) is 5.69 Å². The second-order valence-electron chi connectivity index (χ2n) is 7.44. The van der Waals surface area contributed by atoms with E-state index in [2.05, 4.69) is 15.3 Å². The third-order valence-corrected chi connectivity index (χ3v) is 6.18. The minimum absolute atomic E-state index is 0.0714. The van der Waals surface area contributed by atoms with Gasteiger partial charge in [0.05, 0.1) is 41.8 Å². The highest BCUT2D eigenvalue weighted by Gasteiger charge is 2.23. The summed E-state index contributed by atoms with van der Waals surface area (Å²) in [6, 6.07) is 9.91. The topological polar surface area (TPSA) is 109 Å². The van der Waals surface area contributed by atoms with Gasteiger partial charge in [-0.3, -0.25) is 10.1 Å². The summed E-state index contributed by atoms with van der Waals surface area (Å²) in [5.74, 6) is 1.42. The molecule has 0 aliphatic rings. The highest BCUT2D eigenvalue weighted by atomic mass is 35.5.